The molecule has 0 N–H and O–H groups in total. The Balaban J connectivity index is 1.86. The molecule has 0 unspecified atom stereocenters. The highest BCUT2D eigenvalue weighted by molar-refractivity contribution is 6.15. The summed E-state index contributed by atoms with van der Waals surface area (Å²) in [5.41, 5.74) is 0.898. The van der Waals surface area contributed by atoms with Crippen molar-refractivity contribution in [3.05, 3.63) is 83.9 Å². The maximum absolute atomic E-state index is 11.9. The van der Waals surface area contributed by atoms with E-state index < -0.39 is 11.6 Å². The van der Waals surface area contributed by atoms with E-state index in [1.165, 1.54) is 0 Å². The Kier molecular flexibility index (Phi) is 6.08. The molecular formula is C20H16O4. The normalized spacial score (nSPS) is 10.5. The first-order valence-corrected chi connectivity index (χ1v) is 7.46. The van der Waals surface area contributed by atoms with Gasteiger partial charge >= 0.3 is 0 Å². The molecule has 0 atom stereocenters. The second-order valence-corrected chi connectivity index (χ2v) is 5.20. The van der Waals surface area contributed by atoms with Crippen molar-refractivity contribution in [3.8, 4) is 0 Å². The molecule has 0 bridgehead atoms. The molecule has 2 rings (SSSR count). The predicted octanol–water partition coefficient (Wildman–Crippen LogP) is 3.23. The van der Waals surface area contributed by atoms with Crippen molar-refractivity contribution in [1.29, 1.82) is 0 Å². The highest BCUT2D eigenvalue weighted by Crippen LogP contribution is 2.05. The second kappa shape index (κ2) is 8.48. The van der Waals surface area contributed by atoms with Gasteiger partial charge in [0.2, 0.25) is 0 Å². The van der Waals surface area contributed by atoms with Crippen molar-refractivity contribution in [2.24, 2.45) is 0 Å². The van der Waals surface area contributed by atoms with E-state index in [9.17, 15) is 19.2 Å². The largest absolute Gasteiger partial charge is 0.294 e. The number of benzene rings is 2. The standard InChI is InChI=1S/C20H16O4/c21-17(13-19(23)15-7-3-1-4-8-15)11-12-18(22)14-20(24)16-9-5-2-6-10-16/h1-12H,13-14H2. The first-order valence-electron chi connectivity index (χ1n) is 7.46. The molecule has 0 saturated carbocycles. The van der Waals surface area contributed by atoms with E-state index in [1.54, 1.807) is 60.7 Å². The quantitative estimate of drug-likeness (QED) is 0.425. The van der Waals surface area contributed by atoms with Crippen LogP contribution in [0.4, 0.5) is 0 Å². The molecule has 0 aliphatic rings. The van der Waals surface area contributed by atoms with Gasteiger partial charge in [-0.3, -0.25) is 19.2 Å². The predicted molar refractivity (Wildman–Crippen MR) is 89.9 cm³/mol. The Morgan fingerprint density at radius 2 is 0.917 bits per heavy atom. The summed E-state index contributed by atoms with van der Waals surface area (Å²) >= 11 is 0. The van der Waals surface area contributed by atoms with Gasteiger partial charge in [-0.15, -0.1) is 0 Å². The molecule has 4 heteroatoms. The van der Waals surface area contributed by atoms with Gasteiger partial charge in [-0.05, 0) is 12.2 Å². The number of Topliss-reactive ketones (excluding diaryl/α,β-unsaturated/α-hetero) is 2. The molecule has 2 aromatic rings. The van der Waals surface area contributed by atoms with E-state index >= 15 is 0 Å². The number of rotatable bonds is 8. The lowest BCUT2D eigenvalue weighted by Gasteiger charge is -1.98. The highest BCUT2D eigenvalue weighted by Gasteiger charge is 2.11. The van der Waals surface area contributed by atoms with Crippen LogP contribution in [0.2, 0.25) is 0 Å². The summed E-state index contributed by atoms with van der Waals surface area (Å²) in [4.78, 5) is 47.2. The Morgan fingerprint density at radius 1 is 0.583 bits per heavy atom. The number of carbonyl (C=O) groups excluding carboxylic acids is 4. The van der Waals surface area contributed by atoms with E-state index in [1.807, 2.05) is 0 Å². The lowest BCUT2D eigenvalue weighted by Crippen LogP contribution is -2.08. The zero-order valence-corrected chi connectivity index (χ0v) is 13.0. The molecule has 0 aromatic heterocycles. The van der Waals surface area contributed by atoms with Crippen LogP contribution in [0.25, 0.3) is 0 Å². The van der Waals surface area contributed by atoms with Crippen LogP contribution in [-0.4, -0.2) is 23.1 Å². The lowest BCUT2D eigenvalue weighted by molar-refractivity contribution is -0.116. The fourth-order valence-electron chi connectivity index (χ4n) is 2.07. The van der Waals surface area contributed by atoms with Gasteiger partial charge in [-0.2, -0.15) is 0 Å². The van der Waals surface area contributed by atoms with Crippen molar-refractivity contribution in [2.75, 3.05) is 0 Å². The van der Waals surface area contributed by atoms with Gasteiger partial charge in [-0.25, -0.2) is 0 Å². The molecule has 0 saturated heterocycles. The minimum absolute atomic E-state index is 0.305. The molecular weight excluding hydrogens is 304 g/mol. The highest BCUT2D eigenvalue weighted by atomic mass is 16.2. The number of carbonyl (C=O) groups is 4. The van der Waals surface area contributed by atoms with Crippen molar-refractivity contribution in [2.45, 2.75) is 12.8 Å². The monoisotopic (exact) mass is 320 g/mol. The molecule has 0 spiro atoms. The van der Waals surface area contributed by atoms with Gasteiger partial charge in [0, 0.05) is 11.1 Å². The van der Waals surface area contributed by atoms with Crippen LogP contribution in [-0.2, 0) is 9.59 Å². The summed E-state index contributed by atoms with van der Waals surface area (Å²) in [7, 11) is 0. The zero-order valence-electron chi connectivity index (χ0n) is 13.0. The van der Waals surface area contributed by atoms with Crippen LogP contribution in [0.3, 0.4) is 0 Å². The summed E-state index contributed by atoms with van der Waals surface area (Å²) in [6.45, 7) is 0. The number of allylic oxidation sites excluding steroid dienone is 2. The van der Waals surface area contributed by atoms with Crippen LogP contribution in [0.5, 0.6) is 0 Å². The minimum Gasteiger partial charge on any atom is -0.294 e. The van der Waals surface area contributed by atoms with Crippen molar-refractivity contribution >= 4 is 23.1 Å². The molecule has 24 heavy (non-hydrogen) atoms. The zero-order chi connectivity index (χ0) is 17.4. The summed E-state index contributed by atoms with van der Waals surface area (Å²) in [5, 5.41) is 0. The maximum Gasteiger partial charge on any atom is 0.170 e. The van der Waals surface area contributed by atoms with Crippen LogP contribution in [0.15, 0.2) is 72.8 Å². The average Bonchev–Trinajstić information content (AvgIpc) is 2.61. The maximum atomic E-state index is 11.9. The van der Waals surface area contributed by atoms with Crippen molar-refractivity contribution < 1.29 is 19.2 Å². The van der Waals surface area contributed by atoms with Gasteiger partial charge in [0.25, 0.3) is 0 Å². The van der Waals surface area contributed by atoms with Crippen LogP contribution in [0.1, 0.15) is 33.6 Å². The third-order valence-corrected chi connectivity index (χ3v) is 3.32. The van der Waals surface area contributed by atoms with Crippen LogP contribution < -0.4 is 0 Å². The van der Waals surface area contributed by atoms with Crippen molar-refractivity contribution in [1.82, 2.24) is 0 Å². The van der Waals surface area contributed by atoms with E-state index in [0.717, 1.165) is 12.2 Å². The van der Waals surface area contributed by atoms with Crippen LogP contribution >= 0.6 is 0 Å². The number of hydrogen-bond acceptors (Lipinski definition) is 4. The van der Waals surface area contributed by atoms with Gasteiger partial charge in [-0.1, -0.05) is 60.7 Å². The topological polar surface area (TPSA) is 68.3 Å². The summed E-state index contributed by atoms with van der Waals surface area (Å²) in [6, 6.07) is 16.9. The van der Waals surface area contributed by atoms with Gasteiger partial charge in [0.1, 0.15) is 0 Å². The SMILES string of the molecule is O=C(C=CC(=O)CC(=O)c1ccccc1)CC(=O)c1ccccc1. The Labute approximate surface area is 139 Å². The van der Waals surface area contributed by atoms with Gasteiger partial charge in [0.05, 0.1) is 12.8 Å². The Bertz CT molecular complexity index is 706. The lowest BCUT2D eigenvalue weighted by atomic mass is 10.0. The van der Waals surface area contributed by atoms with E-state index in [4.69, 9.17) is 0 Å². The summed E-state index contributed by atoms with van der Waals surface area (Å²) < 4.78 is 0. The first-order chi connectivity index (χ1) is 11.6. The third kappa shape index (κ3) is 5.25. The Hall–Kier alpha value is -3.14. The van der Waals surface area contributed by atoms with Crippen molar-refractivity contribution in [3.63, 3.8) is 0 Å². The smallest absolute Gasteiger partial charge is 0.170 e. The van der Waals surface area contributed by atoms with E-state index in [0.29, 0.717) is 11.1 Å². The molecule has 2 aromatic carbocycles. The fraction of sp³-hybridized carbons (Fsp3) is 0.100. The molecule has 120 valence electrons. The molecule has 0 heterocycles. The second-order valence-electron chi connectivity index (χ2n) is 5.20. The molecule has 0 radical (unpaired) electrons. The average molecular weight is 320 g/mol. The number of hydrogen-bond donors (Lipinski definition) is 0. The molecule has 0 fully saturated rings. The summed E-state index contributed by atoms with van der Waals surface area (Å²) in [5.74, 6) is -1.55. The van der Waals surface area contributed by atoms with Gasteiger partial charge < -0.3 is 0 Å². The summed E-state index contributed by atoms with van der Waals surface area (Å²) in [6.07, 6.45) is 1.50. The van der Waals surface area contributed by atoms with E-state index in [-0.39, 0.29) is 24.4 Å². The molecule has 0 aliphatic heterocycles. The van der Waals surface area contributed by atoms with Crippen LogP contribution in [0, 0.1) is 0 Å². The molecule has 4 nitrogen and oxygen atoms in total. The first kappa shape index (κ1) is 17.2. The molecule has 0 aliphatic carbocycles. The Morgan fingerprint density at radius 3 is 1.25 bits per heavy atom. The number of ketones is 4. The third-order valence-electron chi connectivity index (χ3n) is 3.32. The molecule has 0 amide bonds. The van der Waals surface area contributed by atoms with E-state index in [2.05, 4.69) is 0 Å². The van der Waals surface area contributed by atoms with Gasteiger partial charge in [0.15, 0.2) is 23.1 Å². The minimum atomic E-state index is -0.468. The fourth-order valence-corrected chi connectivity index (χ4v) is 2.07.